The fourth-order valence-corrected chi connectivity index (χ4v) is 4.37. The van der Waals surface area contributed by atoms with E-state index in [1.165, 1.54) is 11.5 Å². The highest BCUT2D eigenvalue weighted by Gasteiger charge is 2.27. The molecule has 1 aliphatic heterocycles. The molecule has 0 bridgehead atoms. The van der Waals surface area contributed by atoms with Crippen LogP contribution in [0.1, 0.15) is 41.9 Å². The lowest BCUT2D eigenvalue weighted by atomic mass is 9.95. The van der Waals surface area contributed by atoms with Gasteiger partial charge in [0.05, 0.1) is 24.5 Å². The number of hydrogen-bond donors (Lipinski definition) is 0. The highest BCUT2D eigenvalue weighted by Crippen LogP contribution is 2.28. The molecule has 0 radical (unpaired) electrons. The zero-order valence-corrected chi connectivity index (χ0v) is 18.0. The second-order valence-electron chi connectivity index (χ2n) is 7.31. The fourth-order valence-electron chi connectivity index (χ4n) is 3.83. The lowest BCUT2D eigenvalue weighted by molar-refractivity contribution is 0.0492. The van der Waals surface area contributed by atoms with Crippen molar-refractivity contribution < 1.29 is 14.3 Å². The number of imidazole rings is 1. The second kappa shape index (κ2) is 10.1. The Balaban J connectivity index is 1.29. The average molecular weight is 430 g/mol. The molecule has 0 spiro atoms. The number of likely N-dealkylation sites (tertiary alicyclic amines) is 1. The fraction of sp³-hybridized carbons (Fsp3) is 0.524. The molecule has 1 aromatic carbocycles. The summed E-state index contributed by atoms with van der Waals surface area (Å²) in [4.78, 5) is 19.4. The third kappa shape index (κ3) is 4.85. The molecule has 1 aliphatic rings. The molecule has 1 saturated heterocycles. The number of ether oxygens (including phenoxy) is 2. The first kappa shape index (κ1) is 20.9. The van der Waals surface area contributed by atoms with Crippen molar-refractivity contribution in [2.45, 2.75) is 32.2 Å². The molecular weight excluding hydrogens is 402 g/mol. The van der Waals surface area contributed by atoms with E-state index >= 15 is 0 Å². The molecule has 4 rings (SSSR count). The maximum Gasteiger partial charge on any atom is 0.253 e. The van der Waals surface area contributed by atoms with Crippen LogP contribution >= 0.6 is 11.5 Å². The maximum atomic E-state index is 12.9. The van der Waals surface area contributed by atoms with Crippen LogP contribution in [0.2, 0.25) is 0 Å². The van der Waals surface area contributed by atoms with Crippen LogP contribution in [0.5, 0.6) is 0 Å². The van der Waals surface area contributed by atoms with Gasteiger partial charge in [-0.15, -0.1) is 5.10 Å². The standard InChI is InChI=1S/C21H27N5O3S/c1-2-28-13-14-29-12-11-25-10-7-22-20(25)16-5-8-26(9-6-16)21(27)17-3-4-19-18(15-17)23-24-30-19/h3-4,7,10,15-16H,2,5-6,8-9,11-14H2,1H3. The average Bonchev–Trinajstić information content (AvgIpc) is 3.44. The largest absolute Gasteiger partial charge is 0.379 e. The van der Waals surface area contributed by atoms with Gasteiger partial charge in [0.1, 0.15) is 11.3 Å². The van der Waals surface area contributed by atoms with Gasteiger partial charge in [-0.1, -0.05) is 4.49 Å². The monoisotopic (exact) mass is 429 g/mol. The van der Waals surface area contributed by atoms with E-state index in [2.05, 4.69) is 19.1 Å². The normalized spacial score (nSPS) is 15.2. The third-order valence-electron chi connectivity index (χ3n) is 5.44. The first-order valence-corrected chi connectivity index (χ1v) is 11.2. The van der Waals surface area contributed by atoms with Crippen LogP contribution < -0.4 is 0 Å². The lowest BCUT2D eigenvalue weighted by Gasteiger charge is -2.32. The third-order valence-corrected chi connectivity index (χ3v) is 6.15. The number of fused-ring (bicyclic) bond motifs is 1. The van der Waals surface area contributed by atoms with Gasteiger partial charge in [-0.25, -0.2) is 4.98 Å². The van der Waals surface area contributed by atoms with Crippen LogP contribution in [0, 0.1) is 0 Å². The molecule has 0 unspecified atom stereocenters. The zero-order chi connectivity index (χ0) is 20.8. The molecule has 0 atom stereocenters. The topological polar surface area (TPSA) is 82.4 Å². The summed E-state index contributed by atoms with van der Waals surface area (Å²) >= 11 is 1.34. The van der Waals surface area contributed by atoms with Gasteiger partial charge in [-0.3, -0.25) is 4.79 Å². The van der Waals surface area contributed by atoms with Crippen LogP contribution in [-0.2, 0) is 16.0 Å². The van der Waals surface area contributed by atoms with Gasteiger partial charge >= 0.3 is 0 Å². The van der Waals surface area contributed by atoms with Crippen molar-refractivity contribution in [2.24, 2.45) is 0 Å². The molecule has 30 heavy (non-hydrogen) atoms. The number of amides is 1. The van der Waals surface area contributed by atoms with Gasteiger partial charge in [-0.05, 0) is 49.5 Å². The first-order chi connectivity index (χ1) is 14.8. The predicted molar refractivity (Wildman–Crippen MR) is 115 cm³/mol. The van der Waals surface area contributed by atoms with Gasteiger partial charge in [0.15, 0.2) is 0 Å². The van der Waals surface area contributed by atoms with E-state index in [1.54, 1.807) is 0 Å². The minimum Gasteiger partial charge on any atom is -0.379 e. The molecule has 3 aromatic rings. The van der Waals surface area contributed by atoms with Crippen LogP contribution in [0.15, 0.2) is 30.6 Å². The van der Waals surface area contributed by atoms with Gasteiger partial charge in [0.25, 0.3) is 5.91 Å². The van der Waals surface area contributed by atoms with Crippen molar-refractivity contribution in [3.05, 3.63) is 42.0 Å². The predicted octanol–water partition coefficient (Wildman–Crippen LogP) is 2.96. The summed E-state index contributed by atoms with van der Waals surface area (Å²) in [6, 6.07) is 5.63. The number of rotatable bonds is 9. The minimum atomic E-state index is 0.0643. The van der Waals surface area contributed by atoms with Gasteiger partial charge < -0.3 is 18.9 Å². The number of carbonyl (C=O) groups excluding carboxylic acids is 1. The van der Waals surface area contributed by atoms with Crippen LogP contribution in [-0.4, -0.2) is 69.5 Å². The minimum absolute atomic E-state index is 0.0643. The summed E-state index contributed by atoms with van der Waals surface area (Å²) in [6.45, 7) is 6.82. The summed E-state index contributed by atoms with van der Waals surface area (Å²) in [6.07, 6.45) is 5.68. The molecule has 1 amide bonds. The molecule has 1 fully saturated rings. The zero-order valence-electron chi connectivity index (χ0n) is 17.2. The number of hydrogen-bond acceptors (Lipinski definition) is 7. The SMILES string of the molecule is CCOCCOCCn1ccnc1C1CCN(C(=O)c2ccc3snnc3c2)CC1. The van der Waals surface area contributed by atoms with Crippen molar-refractivity contribution in [3.63, 3.8) is 0 Å². The number of carbonyl (C=O) groups is 1. The van der Waals surface area contributed by atoms with E-state index in [-0.39, 0.29) is 5.91 Å². The Kier molecular flexibility index (Phi) is 7.03. The van der Waals surface area contributed by atoms with E-state index in [4.69, 9.17) is 9.47 Å². The first-order valence-electron chi connectivity index (χ1n) is 10.4. The summed E-state index contributed by atoms with van der Waals surface area (Å²) < 4.78 is 18.0. The van der Waals surface area contributed by atoms with Crippen LogP contribution in [0.4, 0.5) is 0 Å². The highest BCUT2D eigenvalue weighted by molar-refractivity contribution is 7.12. The number of piperidine rings is 1. The van der Waals surface area contributed by atoms with Gasteiger partial charge in [-0.2, -0.15) is 0 Å². The number of benzene rings is 1. The Morgan fingerprint density at radius 2 is 2.03 bits per heavy atom. The van der Waals surface area contributed by atoms with Crippen molar-refractivity contribution in [1.29, 1.82) is 0 Å². The molecule has 0 aliphatic carbocycles. The summed E-state index contributed by atoms with van der Waals surface area (Å²) in [7, 11) is 0. The molecule has 0 saturated carbocycles. The molecule has 0 N–H and O–H groups in total. The molecule has 160 valence electrons. The van der Waals surface area contributed by atoms with Gasteiger partial charge in [0.2, 0.25) is 0 Å². The van der Waals surface area contributed by atoms with E-state index in [1.807, 2.05) is 42.4 Å². The quantitative estimate of drug-likeness (QED) is 0.487. The van der Waals surface area contributed by atoms with Crippen molar-refractivity contribution in [2.75, 3.05) is 39.5 Å². The number of aromatic nitrogens is 4. The Hall–Kier alpha value is -2.36. The van der Waals surface area contributed by atoms with Crippen LogP contribution in [0.3, 0.4) is 0 Å². The van der Waals surface area contributed by atoms with E-state index in [0.717, 1.165) is 48.5 Å². The molecule has 8 nitrogen and oxygen atoms in total. The molecular formula is C21H27N5O3S. The van der Waals surface area contributed by atoms with E-state index in [9.17, 15) is 4.79 Å². The Morgan fingerprint density at radius 3 is 2.87 bits per heavy atom. The van der Waals surface area contributed by atoms with E-state index in [0.29, 0.717) is 37.9 Å². The summed E-state index contributed by atoms with van der Waals surface area (Å²) in [5.41, 5.74) is 1.46. The Bertz CT molecular complexity index is 964. The molecule has 3 heterocycles. The highest BCUT2D eigenvalue weighted by atomic mass is 32.1. The summed E-state index contributed by atoms with van der Waals surface area (Å²) in [5, 5.41) is 4.08. The number of nitrogens with zero attached hydrogens (tertiary/aromatic N) is 5. The smallest absolute Gasteiger partial charge is 0.253 e. The Labute approximate surface area is 180 Å². The molecule has 9 heteroatoms. The van der Waals surface area contributed by atoms with Crippen molar-refractivity contribution >= 4 is 27.7 Å². The molecule has 2 aromatic heterocycles. The van der Waals surface area contributed by atoms with E-state index < -0.39 is 0 Å². The van der Waals surface area contributed by atoms with Crippen molar-refractivity contribution in [1.82, 2.24) is 24.0 Å². The lowest BCUT2D eigenvalue weighted by Crippen LogP contribution is -2.38. The Morgan fingerprint density at radius 1 is 1.20 bits per heavy atom. The van der Waals surface area contributed by atoms with Gasteiger partial charge in [0, 0.05) is 50.1 Å². The maximum absolute atomic E-state index is 12.9. The van der Waals surface area contributed by atoms with Crippen molar-refractivity contribution in [3.8, 4) is 0 Å². The summed E-state index contributed by atoms with van der Waals surface area (Å²) in [5.74, 6) is 1.51. The van der Waals surface area contributed by atoms with Crippen LogP contribution in [0.25, 0.3) is 10.2 Å². The second-order valence-corrected chi connectivity index (χ2v) is 8.10.